The molecule has 0 radical (unpaired) electrons. The highest BCUT2D eigenvalue weighted by atomic mass is 32.2. The molecule has 2 N–H and O–H groups in total. The van der Waals surface area contributed by atoms with Crippen molar-refractivity contribution in [2.75, 3.05) is 24.5 Å². The number of rotatable bonds is 6. The molecule has 3 rings (SSSR count). The molecule has 0 bridgehead atoms. The highest BCUT2D eigenvalue weighted by molar-refractivity contribution is 7.99. The first kappa shape index (κ1) is 19.6. The van der Waals surface area contributed by atoms with Gasteiger partial charge in [-0.3, -0.25) is 4.79 Å². The van der Waals surface area contributed by atoms with Crippen LogP contribution < -0.4 is 10.2 Å². The number of anilines is 1. The molecule has 8 heteroatoms. The monoisotopic (exact) mass is 390 g/mol. The zero-order valence-corrected chi connectivity index (χ0v) is 16.0. The largest absolute Gasteiger partial charge is 0.392 e. The van der Waals surface area contributed by atoms with E-state index in [9.17, 15) is 14.3 Å². The lowest BCUT2D eigenvalue weighted by Crippen LogP contribution is -2.42. The summed E-state index contributed by atoms with van der Waals surface area (Å²) in [4.78, 5) is 15.0. The van der Waals surface area contributed by atoms with Crippen LogP contribution in [0.25, 0.3) is 0 Å². The number of halogens is 1. The van der Waals surface area contributed by atoms with Crippen molar-refractivity contribution in [2.24, 2.45) is 5.92 Å². The second-order valence-electron chi connectivity index (χ2n) is 6.64. The number of amides is 1. The summed E-state index contributed by atoms with van der Waals surface area (Å²) in [7, 11) is 0. The number of nitrogens with one attached hydrogen (secondary N) is 1. The van der Waals surface area contributed by atoms with Gasteiger partial charge in [0.2, 0.25) is 5.91 Å². The van der Waals surface area contributed by atoms with E-state index < -0.39 is 6.10 Å². The minimum absolute atomic E-state index is 0.00322. The summed E-state index contributed by atoms with van der Waals surface area (Å²) in [5, 5.41) is 21.2. The van der Waals surface area contributed by atoms with Gasteiger partial charge in [0, 0.05) is 30.4 Å². The number of aromatic nitrogens is 2. The van der Waals surface area contributed by atoms with Crippen molar-refractivity contribution in [3.05, 3.63) is 42.2 Å². The first-order valence-corrected chi connectivity index (χ1v) is 9.81. The molecule has 6 nitrogen and oxygen atoms in total. The third kappa shape index (κ3) is 5.64. The maximum atomic E-state index is 13.3. The topological polar surface area (TPSA) is 78.4 Å². The fourth-order valence-corrected chi connectivity index (χ4v) is 3.73. The summed E-state index contributed by atoms with van der Waals surface area (Å²) in [6.45, 7) is 3.41. The lowest BCUT2D eigenvalue weighted by atomic mass is 9.96. The number of hydrogen-bond donors (Lipinski definition) is 2. The van der Waals surface area contributed by atoms with Gasteiger partial charge >= 0.3 is 0 Å². The van der Waals surface area contributed by atoms with Gasteiger partial charge < -0.3 is 15.3 Å². The summed E-state index contributed by atoms with van der Waals surface area (Å²) >= 11 is 1.36. The van der Waals surface area contributed by atoms with Gasteiger partial charge in [0.1, 0.15) is 10.8 Å². The van der Waals surface area contributed by atoms with E-state index in [1.807, 2.05) is 18.2 Å². The van der Waals surface area contributed by atoms with Crippen molar-refractivity contribution >= 4 is 23.5 Å². The molecule has 0 saturated carbocycles. The average Bonchev–Trinajstić information content (AvgIpc) is 2.67. The van der Waals surface area contributed by atoms with E-state index in [0.717, 1.165) is 36.6 Å². The molecular formula is C19H23FN4O2S. The molecule has 1 unspecified atom stereocenters. The maximum Gasteiger partial charge on any atom is 0.223 e. The quantitative estimate of drug-likeness (QED) is 0.789. The predicted molar refractivity (Wildman–Crippen MR) is 102 cm³/mol. The Morgan fingerprint density at radius 3 is 2.74 bits per heavy atom. The third-order valence-electron chi connectivity index (χ3n) is 4.41. The van der Waals surface area contributed by atoms with Crippen LogP contribution in [0.3, 0.4) is 0 Å². The zero-order chi connectivity index (χ0) is 19.2. The first-order chi connectivity index (χ1) is 13.0. The van der Waals surface area contributed by atoms with E-state index in [1.54, 1.807) is 13.0 Å². The number of piperidine rings is 1. The highest BCUT2D eigenvalue weighted by Gasteiger charge is 2.25. The molecule has 1 saturated heterocycles. The van der Waals surface area contributed by atoms with Crippen molar-refractivity contribution in [1.82, 2.24) is 15.5 Å². The Morgan fingerprint density at radius 1 is 1.33 bits per heavy atom. The minimum Gasteiger partial charge on any atom is -0.392 e. The van der Waals surface area contributed by atoms with E-state index in [4.69, 9.17) is 0 Å². The smallest absolute Gasteiger partial charge is 0.223 e. The standard InChI is InChI=1S/C19H23FN4O2S/c1-13(25)12-21-19(26)14-7-9-24(10-8-14)17-5-6-18(23-22-17)27-16-4-2-3-15(20)11-16/h2-6,11,13-14,25H,7-10,12H2,1H3,(H,21,26). The summed E-state index contributed by atoms with van der Waals surface area (Å²) < 4.78 is 13.3. The summed E-state index contributed by atoms with van der Waals surface area (Å²) in [6.07, 6.45) is 0.952. The highest BCUT2D eigenvalue weighted by Crippen LogP contribution is 2.27. The van der Waals surface area contributed by atoms with Crippen molar-refractivity contribution in [1.29, 1.82) is 0 Å². The number of carbonyl (C=O) groups excluding carboxylic acids is 1. The normalized spacial score (nSPS) is 16.2. The van der Waals surface area contributed by atoms with Gasteiger partial charge in [0.15, 0.2) is 5.82 Å². The van der Waals surface area contributed by atoms with Gasteiger partial charge in [-0.05, 0) is 50.1 Å². The van der Waals surface area contributed by atoms with E-state index in [-0.39, 0.29) is 24.2 Å². The molecule has 2 aromatic rings. The van der Waals surface area contributed by atoms with Gasteiger partial charge in [-0.25, -0.2) is 4.39 Å². The molecule has 27 heavy (non-hydrogen) atoms. The molecule has 1 atom stereocenters. The summed E-state index contributed by atoms with van der Waals surface area (Å²) in [5.74, 6) is 0.477. The molecule has 1 aliphatic rings. The molecule has 2 heterocycles. The van der Waals surface area contributed by atoms with Crippen LogP contribution in [0, 0.1) is 11.7 Å². The fourth-order valence-electron chi connectivity index (χ4n) is 2.95. The average molecular weight is 390 g/mol. The Balaban J connectivity index is 1.52. The first-order valence-electron chi connectivity index (χ1n) is 8.99. The van der Waals surface area contributed by atoms with Crippen LogP contribution >= 0.6 is 11.8 Å². The fraction of sp³-hybridized carbons (Fsp3) is 0.421. The Kier molecular flexibility index (Phi) is 6.63. The van der Waals surface area contributed by atoms with Gasteiger partial charge in [0.25, 0.3) is 0 Å². The number of nitrogens with zero attached hydrogens (tertiary/aromatic N) is 3. The molecule has 1 aromatic heterocycles. The Morgan fingerprint density at radius 2 is 2.11 bits per heavy atom. The molecule has 1 fully saturated rings. The molecule has 1 aromatic carbocycles. The van der Waals surface area contributed by atoms with E-state index in [1.165, 1.54) is 23.9 Å². The van der Waals surface area contributed by atoms with Crippen LogP contribution in [0.2, 0.25) is 0 Å². The Hall–Kier alpha value is -2.19. The van der Waals surface area contributed by atoms with E-state index >= 15 is 0 Å². The minimum atomic E-state index is -0.534. The molecule has 0 spiro atoms. The summed E-state index contributed by atoms with van der Waals surface area (Å²) in [5.41, 5.74) is 0. The Bertz CT molecular complexity index is 765. The van der Waals surface area contributed by atoms with Crippen LogP contribution in [-0.2, 0) is 4.79 Å². The molecule has 144 valence electrons. The second kappa shape index (κ2) is 9.14. The van der Waals surface area contributed by atoms with Gasteiger partial charge in [-0.15, -0.1) is 10.2 Å². The lowest BCUT2D eigenvalue weighted by Gasteiger charge is -2.31. The van der Waals surface area contributed by atoms with Crippen LogP contribution in [0.1, 0.15) is 19.8 Å². The molecule has 1 aliphatic heterocycles. The maximum absolute atomic E-state index is 13.3. The molecular weight excluding hydrogens is 367 g/mol. The van der Waals surface area contributed by atoms with Crippen molar-refractivity contribution in [3.8, 4) is 0 Å². The van der Waals surface area contributed by atoms with Gasteiger partial charge in [-0.2, -0.15) is 0 Å². The van der Waals surface area contributed by atoms with Crippen LogP contribution in [0.5, 0.6) is 0 Å². The number of hydrogen-bond acceptors (Lipinski definition) is 6. The third-order valence-corrected chi connectivity index (χ3v) is 5.32. The van der Waals surface area contributed by atoms with Crippen LogP contribution in [-0.4, -0.2) is 46.9 Å². The number of aliphatic hydroxyl groups is 1. The predicted octanol–water partition coefficient (Wildman–Crippen LogP) is 2.48. The Labute approximate surface area is 162 Å². The van der Waals surface area contributed by atoms with E-state index in [2.05, 4.69) is 20.4 Å². The van der Waals surface area contributed by atoms with Crippen molar-refractivity contribution in [2.45, 2.75) is 35.8 Å². The molecule has 1 amide bonds. The zero-order valence-electron chi connectivity index (χ0n) is 15.1. The number of benzene rings is 1. The number of aliphatic hydroxyl groups excluding tert-OH is 1. The van der Waals surface area contributed by atoms with Crippen molar-refractivity contribution < 1.29 is 14.3 Å². The SMILES string of the molecule is CC(O)CNC(=O)C1CCN(c2ccc(Sc3cccc(F)c3)nn2)CC1. The van der Waals surface area contributed by atoms with Crippen LogP contribution in [0.4, 0.5) is 10.2 Å². The number of carbonyl (C=O) groups is 1. The molecule has 0 aliphatic carbocycles. The van der Waals surface area contributed by atoms with E-state index in [0.29, 0.717) is 5.03 Å². The lowest BCUT2D eigenvalue weighted by molar-refractivity contribution is -0.126. The van der Waals surface area contributed by atoms with Gasteiger partial charge in [-0.1, -0.05) is 17.8 Å². The summed E-state index contributed by atoms with van der Waals surface area (Å²) in [6, 6.07) is 10.2. The van der Waals surface area contributed by atoms with Crippen molar-refractivity contribution in [3.63, 3.8) is 0 Å². The second-order valence-corrected chi connectivity index (χ2v) is 7.74. The van der Waals surface area contributed by atoms with Crippen LogP contribution in [0.15, 0.2) is 46.3 Å². The van der Waals surface area contributed by atoms with Gasteiger partial charge in [0.05, 0.1) is 6.10 Å².